The highest BCUT2D eigenvalue weighted by Gasteiger charge is 2.10. The third kappa shape index (κ3) is 19.0. The number of unbranched alkanes of at least 4 members (excludes halogenated alkanes) is 15. The van der Waals surface area contributed by atoms with E-state index in [-0.39, 0.29) is 31.2 Å². The molecule has 0 aliphatic carbocycles. The number of hydrogen-bond donors (Lipinski definition) is 0. The predicted octanol–water partition coefficient (Wildman–Crippen LogP) is 8.50. The van der Waals surface area contributed by atoms with Crippen LogP contribution in [0.25, 0.3) is 0 Å². The van der Waals surface area contributed by atoms with Crippen LogP contribution in [0.2, 0.25) is 0 Å². The molecule has 200 valence electrons. The van der Waals surface area contributed by atoms with Gasteiger partial charge in [-0.15, -0.1) is 0 Å². The maximum atomic E-state index is 13.5. The normalized spacial score (nSPS) is 10.9. The van der Waals surface area contributed by atoms with Crippen molar-refractivity contribution >= 4 is 11.9 Å². The molecule has 0 heterocycles. The Kier molecular flexibility index (Phi) is 20.0. The van der Waals surface area contributed by atoms with Gasteiger partial charge in [-0.25, -0.2) is 4.39 Å². The molecule has 0 aromatic heterocycles. The maximum absolute atomic E-state index is 13.5. The smallest absolute Gasteiger partial charge is 0.306 e. The fourth-order valence-electron chi connectivity index (χ4n) is 4.16. The molecule has 0 fully saturated rings. The fraction of sp³-hybridized carbons (Fsp3) is 0.733. The van der Waals surface area contributed by atoms with E-state index in [2.05, 4.69) is 6.92 Å². The van der Waals surface area contributed by atoms with Gasteiger partial charge in [0.25, 0.3) is 0 Å². The second-order valence-corrected chi connectivity index (χ2v) is 9.59. The first kappa shape index (κ1) is 31.1. The van der Waals surface area contributed by atoms with Gasteiger partial charge >= 0.3 is 11.9 Å². The van der Waals surface area contributed by atoms with Gasteiger partial charge in [0.2, 0.25) is 0 Å². The van der Waals surface area contributed by atoms with Crippen LogP contribution in [0.3, 0.4) is 0 Å². The molecular weight excluding hydrogens is 443 g/mol. The van der Waals surface area contributed by atoms with E-state index in [1.54, 1.807) is 18.2 Å². The molecule has 4 nitrogen and oxygen atoms in total. The van der Waals surface area contributed by atoms with E-state index in [1.165, 1.54) is 96.0 Å². The number of hydrogen-bond acceptors (Lipinski definition) is 4. The summed E-state index contributed by atoms with van der Waals surface area (Å²) in [5.41, 5.74) is 0.513. The quantitative estimate of drug-likeness (QED) is 0.113. The molecule has 0 saturated carbocycles. The first-order valence-electron chi connectivity index (χ1n) is 14.2. The van der Waals surface area contributed by atoms with Crippen LogP contribution < -0.4 is 0 Å². The SMILES string of the molecule is CCCCCCCCCCCCCCCCCCOC(=O)CCC(=O)OCCc1ccccc1F. The molecular formula is C30H49FO4. The lowest BCUT2D eigenvalue weighted by molar-refractivity contribution is -0.150. The van der Waals surface area contributed by atoms with Gasteiger partial charge in [0, 0.05) is 6.42 Å². The van der Waals surface area contributed by atoms with Gasteiger partial charge in [-0.05, 0) is 18.1 Å². The third-order valence-electron chi connectivity index (χ3n) is 6.39. The highest BCUT2D eigenvalue weighted by atomic mass is 19.1. The second-order valence-electron chi connectivity index (χ2n) is 9.59. The summed E-state index contributed by atoms with van der Waals surface area (Å²) in [7, 11) is 0. The summed E-state index contributed by atoms with van der Waals surface area (Å²) in [6.07, 6.45) is 21.3. The first-order chi connectivity index (χ1) is 17.1. The molecule has 0 bridgehead atoms. The van der Waals surface area contributed by atoms with Gasteiger partial charge in [0.05, 0.1) is 26.1 Å². The van der Waals surface area contributed by atoms with Crippen molar-refractivity contribution < 1.29 is 23.5 Å². The number of esters is 2. The Bertz CT molecular complexity index is 662. The Morgan fingerprint density at radius 2 is 1.06 bits per heavy atom. The Morgan fingerprint density at radius 3 is 1.54 bits per heavy atom. The molecule has 0 aliphatic rings. The fourth-order valence-corrected chi connectivity index (χ4v) is 4.16. The molecule has 0 N–H and O–H groups in total. The van der Waals surface area contributed by atoms with Crippen molar-refractivity contribution in [2.45, 2.75) is 129 Å². The number of carbonyl (C=O) groups is 2. The van der Waals surface area contributed by atoms with Crippen LogP contribution in [-0.2, 0) is 25.5 Å². The molecule has 5 heteroatoms. The largest absolute Gasteiger partial charge is 0.466 e. The molecule has 1 aromatic rings. The van der Waals surface area contributed by atoms with Crippen LogP contribution in [-0.4, -0.2) is 25.2 Å². The van der Waals surface area contributed by atoms with Crippen molar-refractivity contribution in [3.05, 3.63) is 35.6 Å². The molecule has 0 radical (unpaired) electrons. The lowest BCUT2D eigenvalue weighted by atomic mass is 10.0. The van der Waals surface area contributed by atoms with Crippen molar-refractivity contribution in [3.8, 4) is 0 Å². The molecule has 0 amide bonds. The van der Waals surface area contributed by atoms with E-state index in [1.807, 2.05) is 0 Å². The third-order valence-corrected chi connectivity index (χ3v) is 6.39. The minimum Gasteiger partial charge on any atom is -0.466 e. The zero-order valence-electron chi connectivity index (χ0n) is 22.2. The van der Waals surface area contributed by atoms with Gasteiger partial charge in [0.1, 0.15) is 5.82 Å². The van der Waals surface area contributed by atoms with Gasteiger partial charge in [-0.3, -0.25) is 9.59 Å². The number of ether oxygens (including phenoxy) is 2. The van der Waals surface area contributed by atoms with E-state index >= 15 is 0 Å². The van der Waals surface area contributed by atoms with Crippen LogP contribution in [0.15, 0.2) is 24.3 Å². The first-order valence-corrected chi connectivity index (χ1v) is 14.2. The van der Waals surface area contributed by atoms with E-state index in [0.717, 1.165) is 12.8 Å². The number of carbonyl (C=O) groups excluding carboxylic acids is 2. The topological polar surface area (TPSA) is 52.6 Å². The molecule has 0 unspecified atom stereocenters. The number of benzene rings is 1. The summed E-state index contributed by atoms with van der Waals surface area (Å²) in [6.45, 7) is 2.79. The van der Waals surface area contributed by atoms with Gasteiger partial charge in [0.15, 0.2) is 0 Å². The van der Waals surface area contributed by atoms with Crippen LogP contribution in [0.4, 0.5) is 4.39 Å². The van der Waals surface area contributed by atoms with Crippen molar-refractivity contribution in [3.63, 3.8) is 0 Å². The molecule has 0 atom stereocenters. The van der Waals surface area contributed by atoms with Crippen molar-refractivity contribution in [1.29, 1.82) is 0 Å². The van der Waals surface area contributed by atoms with Crippen molar-refractivity contribution in [2.24, 2.45) is 0 Å². The minimum absolute atomic E-state index is 0.00490. The molecule has 1 rings (SSSR count). The number of rotatable bonds is 23. The van der Waals surface area contributed by atoms with Crippen LogP contribution in [0.1, 0.15) is 128 Å². The highest BCUT2D eigenvalue weighted by molar-refractivity contribution is 5.77. The molecule has 0 saturated heterocycles. The van der Waals surface area contributed by atoms with E-state index < -0.39 is 5.97 Å². The van der Waals surface area contributed by atoms with Crippen LogP contribution in [0.5, 0.6) is 0 Å². The van der Waals surface area contributed by atoms with E-state index in [9.17, 15) is 14.0 Å². The Balaban J connectivity index is 1.81. The summed E-state index contributed by atoms with van der Waals surface area (Å²) in [5, 5.41) is 0. The summed E-state index contributed by atoms with van der Waals surface area (Å²) in [6, 6.07) is 6.41. The minimum atomic E-state index is -0.458. The maximum Gasteiger partial charge on any atom is 0.306 e. The Morgan fingerprint density at radius 1 is 0.629 bits per heavy atom. The van der Waals surface area contributed by atoms with Crippen molar-refractivity contribution in [2.75, 3.05) is 13.2 Å². The summed E-state index contributed by atoms with van der Waals surface area (Å²) < 4.78 is 23.8. The lowest BCUT2D eigenvalue weighted by Gasteiger charge is -2.07. The average molecular weight is 493 g/mol. The Labute approximate surface area is 213 Å². The van der Waals surface area contributed by atoms with Gasteiger partial charge in [-0.2, -0.15) is 0 Å². The van der Waals surface area contributed by atoms with Crippen LogP contribution >= 0.6 is 0 Å². The van der Waals surface area contributed by atoms with Gasteiger partial charge in [-0.1, -0.05) is 121 Å². The van der Waals surface area contributed by atoms with Crippen molar-refractivity contribution in [1.82, 2.24) is 0 Å². The highest BCUT2D eigenvalue weighted by Crippen LogP contribution is 2.14. The monoisotopic (exact) mass is 492 g/mol. The standard InChI is InChI=1S/C30H49FO4/c1-2-3-4-5-6-7-8-9-10-11-12-13-14-15-16-19-25-34-29(32)22-23-30(33)35-26-24-27-20-17-18-21-28(27)31/h17-18,20-21H,2-16,19,22-26H2,1H3. The summed E-state index contributed by atoms with van der Waals surface area (Å²) in [4.78, 5) is 23.5. The second kappa shape index (κ2) is 22.5. The predicted molar refractivity (Wildman–Crippen MR) is 141 cm³/mol. The lowest BCUT2D eigenvalue weighted by Crippen LogP contribution is -2.12. The van der Waals surface area contributed by atoms with Gasteiger partial charge < -0.3 is 9.47 Å². The molecule has 35 heavy (non-hydrogen) atoms. The summed E-state index contributed by atoms with van der Waals surface area (Å²) in [5.74, 6) is -1.13. The molecule has 1 aromatic carbocycles. The van der Waals surface area contributed by atoms with Crippen LogP contribution in [0, 0.1) is 5.82 Å². The zero-order chi connectivity index (χ0) is 25.4. The molecule has 0 spiro atoms. The molecule has 0 aliphatic heterocycles. The Hall–Kier alpha value is -1.91. The zero-order valence-corrected chi connectivity index (χ0v) is 22.2. The number of halogens is 1. The van der Waals surface area contributed by atoms with E-state index in [0.29, 0.717) is 18.6 Å². The average Bonchev–Trinajstić information content (AvgIpc) is 2.86. The summed E-state index contributed by atoms with van der Waals surface area (Å²) >= 11 is 0. The van der Waals surface area contributed by atoms with E-state index in [4.69, 9.17) is 9.47 Å².